The van der Waals surface area contributed by atoms with Crippen molar-refractivity contribution in [2.45, 2.75) is 26.7 Å². The molecule has 1 rings (SSSR count). The number of halogens is 2. The van der Waals surface area contributed by atoms with Crippen molar-refractivity contribution >= 4 is 45.0 Å². The molecule has 0 bridgehead atoms. The van der Waals surface area contributed by atoms with Gasteiger partial charge >= 0.3 is 29.0 Å². The first-order valence-electron chi connectivity index (χ1n) is 6.11. The van der Waals surface area contributed by atoms with E-state index in [0.29, 0.717) is 13.2 Å². The SMILES string of the molecule is CCCOC(=O)[C-](OCCC)c1ccc(Br)cc1.[Br-].[Mg+2]. The van der Waals surface area contributed by atoms with Crippen molar-refractivity contribution in [3.05, 3.63) is 40.4 Å². The van der Waals surface area contributed by atoms with Gasteiger partial charge in [0.25, 0.3) is 0 Å². The molecule has 0 aliphatic heterocycles. The van der Waals surface area contributed by atoms with Crippen LogP contribution in [0.15, 0.2) is 28.7 Å². The van der Waals surface area contributed by atoms with E-state index in [9.17, 15) is 4.79 Å². The fourth-order valence-electron chi connectivity index (χ4n) is 1.33. The second kappa shape index (κ2) is 12.9. The summed E-state index contributed by atoms with van der Waals surface area (Å²) in [4.78, 5) is 11.9. The van der Waals surface area contributed by atoms with E-state index in [1.807, 2.05) is 38.1 Å². The van der Waals surface area contributed by atoms with E-state index in [1.165, 1.54) is 0 Å². The summed E-state index contributed by atoms with van der Waals surface area (Å²) in [5.74, 6) is -0.396. The van der Waals surface area contributed by atoms with Gasteiger partial charge in [-0.3, -0.25) is 4.79 Å². The molecule has 0 N–H and O–H groups in total. The van der Waals surface area contributed by atoms with Crippen LogP contribution < -0.4 is 17.0 Å². The molecule has 1 aromatic rings. The van der Waals surface area contributed by atoms with Gasteiger partial charge in [-0.1, -0.05) is 29.8 Å². The van der Waals surface area contributed by atoms with Gasteiger partial charge in [-0.2, -0.15) is 17.7 Å². The van der Waals surface area contributed by atoms with Gasteiger partial charge in [0.15, 0.2) is 0 Å². The molecule has 0 unspecified atom stereocenters. The van der Waals surface area contributed by atoms with Crippen LogP contribution in [0.25, 0.3) is 0 Å². The van der Waals surface area contributed by atoms with Crippen molar-refractivity contribution in [3.8, 4) is 0 Å². The Morgan fingerprint density at radius 2 is 1.70 bits per heavy atom. The molecular weight excluding hydrogens is 400 g/mol. The maximum atomic E-state index is 11.9. The van der Waals surface area contributed by atoms with Crippen molar-refractivity contribution < 1.29 is 31.2 Å². The minimum Gasteiger partial charge on any atom is -1.00 e. The first-order chi connectivity index (χ1) is 8.69. The van der Waals surface area contributed by atoms with Crippen molar-refractivity contribution in [3.63, 3.8) is 0 Å². The van der Waals surface area contributed by atoms with E-state index in [2.05, 4.69) is 15.9 Å². The topological polar surface area (TPSA) is 35.5 Å². The Hall–Kier alpha value is 0.246. The molecule has 0 fully saturated rings. The number of hydrogen-bond donors (Lipinski definition) is 0. The zero-order chi connectivity index (χ0) is 13.4. The molecule has 0 heterocycles. The van der Waals surface area contributed by atoms with Crippen molar-refractivity contribution in [2.75, 3.05) is 13.2 Å². The average Bonchev–Trinajstić information content (AvgIpc) is 2.38. The second-order valence-electron chi connectivity index (χ2n) is 3.82. The molecule has 0 atom stereocenters. The molecule has 0 spiro atoms. The summed E-state index contributed by atoms with van der Waals surface area (Å²) in [6.07, 6.45) is 1.94. The summed E-state index contributed by atoms with van der Waals surface area (Å²) in [5, 5.41) is 0. The van der Waals surface area contributed by atoms with Gasteiger partial charge in [0, 0.05) is 6.61 Å². The first-order valence-corrected chi connectivity index (χ1v) is 6.91. The van der Waals surface area contributed by atoms with Gasteiger partial charge in [-0.25, -0.2) is 0 Å². The van der Waals surface area contributed by atoms with Gasteiger partial charge in [0.2, 0.25) is 0 Å². The summed E-state index contributed by atoms with van der Waals surface area (Å²) in [5.41, 5.74) is 0.743. The Balaban J connectivity index is 0. The maximum absolute atomic E-state index is 11.9. The Kier molecular flexibility index (Phi) is 14.6. The summed E-state index contributed by atoms with van der Waals surface area (Å²) in [6, 6.07) is 7.42. The third-order valence-electron chi connectivity index (χ3n) is 2.18. The van der Waals surface area contributed by atoms with E-state index < -0.39 is 5.97 Å². The predicted octanol–water partition coefficient (Wildman–Crippen LogP) is 0.332. The fourth-order valence-corrected chi connectivity index (χ4v) is 1.59. The molecule has 1 aromatic carbocycles. The monoisotopic (exact) mass is 416 g/mol. The molecule has 0 radical (unpaired) electrons. The van der Waals surface area contributed by atoms with Crippen molar-refractivity contribution in [2.24, 2.45) is 0 Å². The number of esters is 1. The molecule has 3 nitrogen and oxygen atoms in total. The quantitative estimate of drug-likeness (QED) is 0.364. The van der Waals surface area contributed by atoms with Gasteiger partial charge in [0.1, 0.15) is 0 Å². The number of hydrogen-bond acceptors (Lipinski definition) is 3. The number of ether oxygens (including phenoxy) is 2. The first kappa shape index (κ1) is 22.5. The largest absolute Gasteiger partial charge is 2.00 e. The predicted molar refractivity (Wildman–Crippen MR) is 79.7 cm³/mol. The van der Waals surface area contributed by atoms with E-state index in [1.54, 1.807) is 0 Å². The Morgan fingerprint density at radius 3 is 2.20 bits per heavy atom. The van der Waals surface area contributed by atoms with E-state index >= 15 is 0 Å². The van der Waals surface area contributed by atoms with Crippen LogP contribution in [0.3, 0.4) is 0 Å². The minimum absolute atomic E-state index is 0. The van der Waals surface area contributed by atoms with Gasteiger partial charge in [-0.15, -0.1) is 12.1 Å². The van der Waals surface area contributed by atoms with Crippen LogP contribution in [0.1, 0.15) is 32.3 Å². The molecular formula is C14H18Br2MgO3. The zero-order valence-corrected chi connectivity index (χ0v) is 16.4. The maximum Gasteiger partial charge on any atom is 2.00 e. The van der Waals surface area contributed by atoms with Crippen LogP contribution in [0, 0.1) is 6.10 Å². The summed E-state index contributed by atoms with van der Waals surface area (Å²) in [7, 11) is 0. The molecule has 108 valence electrons. The standard InChI is InChI=1S/C14H18BrO3.BrH.Mg/c1-3-9-17-13(14(16)18-10-4-2)11-5-7-12(15)8-6-11;;/h5-8H,3-4,9-10H2,1-2H3;1H;/q-1;;+2/p-1. The van der Waals surface area contributed by atoms with Crippen molar-refractivity contribution in [1.29, 1.82) is 0 Å². The number of benzene rings is 1. The second-order valence-corrected chi connectivity index (χ2v) is 4.74. The van der Waals surface area contributed by atoms with Gasteiger partial charge in [0.05, 0.1) is 12.7 Å². The molecule has 20 heavy (non-hydrogen) atoms. The molecule has 0 amide bonds. The Bertz CT molecular complexity index is 371. The van der Waals surface area contributed by atoms with Crippen LogP contribution in [0.4, 0.5) is 0 Å². The molecule has 0 saturated carbocycles. The molecule has 6 heteroatoms. The third kappa shape index (κ3) is 7.88. The van der Waals surface area contributed by atoms with Crippen LogP contribution >= 0.6 is 15.9 Å². The fraction of sp³-hybridized carbons (Fsp3) is 0.429. The molecule has 0 saturated heterocycles. The zero-order valence-electron chi connectivity index (χ0n) is 11.8. The Labute approximate surface area is 155 Å². The van der Waals surface area contributed by atoms with Crippen LogP contribution in [0.2, 0.25) is 0 Å². The number of carbonyl (C=O) groups excluding carboxylic acids is 1. The Morgan fingerprint density at radius 1 is 1.15 bits per heavy atom. The van der Waals surface area contributed by atoms with Crippen LogP contribution in [-0.2, 0) is 14.3 Å². The molecule has 0 aliphatic rings. The summed E-state index contributed by atoms with van der Waals surface area (Å²) in [6.45, 7) is 4.87. The van der Waals surface area contributed by atoms with Crippen molar-refractivity contribution in [1.82, 2.24) is 0 Å². The van der Waals surface area contributed by atoms with Gasteiger partial charge < -0.3 is 26.5 Å². The summed E-state index contributed by atoms with van der Waals surface area (Å²) < 4.78 is 11.6. The average molecular weight is 418 g/mol. The van der Waals surface area contributed by atoms with E-state index in [-0.39, 0.29) is 46.1 Å². The van der Waals surface area contributed by atoms with E-state index in [0.717, 1.165) is 22.9 Å². The normalized spacial score (nSPS) is 9.15. The van der Waals surface area contributed by atoms with Crippen LogP contribution in [-0.4, -0.2) is 42.2 Å². The van der Waals surface area contributed by atoms with E-state index in [4.69, 9.17) is 9.47 Å². The summed E-state index contributed by atoms with van der Waals surface area (Å²) >= 11 is 3.36. The smallest absolute Gasteiger partial charge is 1.00 e. The minimum atomic E-state index is -0.396. The molecule has 0 aromatic heterocycles. The number of rotatable bonds is 7. The molecule has 0 aliphatic carbocycles. The van der Waals surface area contributed by atoms with Crippen LogP contribution in [0.5, 0.6) is 0 Å². The van der Waals surface area contributed by atoms with Gasteiger partial charge in [-0.05, 0) is 17.3 Å². The third-order valence-corrected chi connectivity index (χ3v) is 2.71. The number of carbonyl (C=O) groups is 1.